The molecule has 60 heavy (non-hydrogen) atoms. The number of hydrogen-bond acceptors (Lipinski definition) is 9. The standard InChI is InChI=1S/C45H49F3N4O7S/c46-36-23-35(24-37(47)41(36)48)38-26-52(50-49-38)42-43(57-28-33-13-6-2-7-14-33)39(30-56-27-32-11-4-1-5-12-32)59-45(44(42)58-29-34-15-8-3-9-16-34)20-10-17-40(53)51(45)25-31-18-21-60(54,55)22-19-31/h1-9,11-16,23-24,26,31,39,42-44,54-55H,10,17-22,25,27-30H2/t39-,42-,43+,44+,45?/m1/s1. The Bertz CT molecular complexity index is 2170. The van der Waals surface area contributed by atoms with E-state index in [1.54, 1.807) is 9.58 Å². The fraction of sp³-hybridized carbons (Fsp3) is 0.400. The summed E-state index contributed by atoms with van der Waals surface area (Å²) in [6.45, 7) is 0.877. The van der Waals surface area contributed by atoms with Crippen molar-refractivity contribution in [1.82, 2.24) is 19.9 Å². The zero-order chi connectivity index (χ0) is 41.7. The summed E-state index contributed by atoms with van der Waals surface area (Å²) < 4.78 is 93.4. The fourth-order valence-corrected chi connectivity index (χ4v) is 10.2. The second-order valence-corrected chi connectivity index (χ2v) is 18.2. The van der Waals surface area contributed by atoms with Crippen LogP contribution in [0.5, 0.6) is 0 Å². The van der Waals surface area contributed by atoms with Crippen LogP contribution in [0.3, 0.4) is 0 Å². The molecular weight excluding hydrogens is 798 g/mol. The van der Waals surface area contributed by atoms with Crippen molar-refractivity contribution in [3.8, 4) is 11.3 Å². The van der Waals surface area contributed by atoms with E-state index in [1.165, 1.54) is 6.20 Å². The Kier molecular flexibility index (Phi) is 13.0. The third kappa shape index (κ3) is 9.47. The van der Waals surface area contributed by atoms with Crippen molar-refractivity contribution >= 4 is 16.5 Å². The topological polar surface area (TPSA) is 128 Å². The molecule has 3 saturated heterocycles. The van der Waals surface area contributed by atoms with Crippen LogP contribution in [0.1, 0.15) is 54.8 Å². The Morgan fingerprint density at radius 1 is 0.817 bits per heavy atom. The fourth-order valence-electron chi connectivity index (χ4n) is 8.61. The number of carbonyl (C=O) groups excluding carboxylic acids is 1. The molecule has 3 aliphatic rings. The maximum atomic E-state index is 14.6. The van der Waals surface area contributed by atoms with Crippen molar-refractivity contribution in [2.75, 3.05) is 24.7 Å². The number of ether oxygens (including phenoxy) is 4. The van der Waals surface area contributed by atoms with E-state index in [9.17, 15) is 27.1 Å². The lowest BCUT2D eigenvalue weighted by atomic mass is 9.81. The van der Waals surface area contributed by atoms with Gasteiger partial charge in [0, 0.05) is 30.0 Å². The minimum absolute atomic E-state index is 0.0246. The van der Waals surface area contributed by atoms with Crippen LogP contribution in [0.4, 0.5) is 13.2 Å². The molecule has 3 aliphatic heterocycles. The first-order valence-electron chi connectivity index (χ1n) is 20.3. The van der Waals surface area contributed by atoms with Crippen LogP contribution in [0, 0.1) is 23.4 Å². The van der Waals surface area contributed by atoms with Gasteiger partial charge in [-0.1, -0.05) is 96.2 Å². The Balaban J connectivity index is 1.25. The van der Waals surface area contributed by atoms with E-state index in [1.807, 2.05) is 91.0 Å². The van der Waals surface area contributed by atoms with Crippen LogP contribution in [0.15, 0.2) is 109 Å². The molecule has 5 aromatic rings. The summed E-state index contributed by atoms with van der Waals surface area (Å²) in [5, 5.41) is 8.87. The summed E-state index contributed by atoms with van der Waals surface area (Å²) in [7, 11) is -2.68. The molecule has 0 aliphatic carbocycles. The van der Waals surface area contributed by atoms with Crippen LogP contribution in [-0.4, -0.2) is 83.6 Å². The number of rotatable bonds is 14. The van der Waals surface area contributed by atoms with Gasteiger partial charge in [-0.2, -0.15) is 10.6 Å². The van der Waals surface area contributed by atoms with Gasteiger partial charge in [-0.05, 0) is 60.4 Å². The molecule has 2 N–H and O–H groups in total. The minimum atomic E-state index is -2.68. The van der Waals surface area contributed by atoms with Gasteiger partial charge in [-0.3, -0.25) is 13.9 Å². The lowest BCUT2D eigenvalue weighted by Crippen LogP contribution is -2.72. The normalized spacial score (nSPS) is 25.1. The molecule has 0 radical (unpaired) electrons. The molecule has 1 unspecified atom stereocenters. The van der Waals surface area contributed by atoms with Crippen molar-refractivity contribution < 1.29 is 46.0 Å². The Morgan fingerprint density at radius 3 is 2.02 bits per heavy atom. The number of halogens is 3. The highest BCUT2D eigenvalue weighted by Gasteiger charge is 2.62. The average Bonchev–Trinajstić information content (AvgIpc) is 3.75. The molecular formula is C45H49F3N4O7S. The lowest BCUT2D eigenvalue weighted by molar-refractivity contribution is -0.328. The molecule has 15 heteroatoms. The van der Waals surface area contributed by atoms with E-state index in [0.717, 1.165) is 28.8 Å². The lowest BCUT2D eigenvalue weighted by Gasteiger charge is -2.58. The van der Waals surface area contributed by atoms with E-state index >= 15 is 0 Å². The van der Waals surface area contributed by atoms with E-state index in [0.29, 0.717) is 25.7 Å². The van der Waals surface area contributed by atoms with Gasteiger partial charge >= 0.3 is 0 Å². The molecule has 0 bridgehead atoms. The molecule has 1 spiro atoms. The third-order valence-corrected chi connectivity index (χ3v) is 13.5. The molecule has 4 aromatic carbocycles. The van der Waals surface area contributed by atoms with E-state index in [-0.39, 0.29) is 74.0 Å². The number of likely N-dealkylation sites (tertiary alicyclic amines) is 1. The summed E-state index contributed by atoms with van der Waals surface area (Å²) in [5.41, 5.74) is 1.35. The second kappa shape index (κ2) is 18.6. The highest BCUT2D eigenvalue weighted by Crippen LogP contribution is 2.50. The SMILES string of the molecule is O=C1CCCC2(O[C@H](COCc3ccccc3)[C@H](OCc3ccccc3)[C@@H](n3cc(-c4cc(F)c(F)c(F)c4)nn3)[C@@H]2OCc2ccccc2)N1CC1CCS(O)(O)CC1. The van der Waals surface area contributed by atoms with Gasteiger partial charge in [0.25, 0.3) is 0 Å². The van der Waals surface area contributed by atoms with Crippen molar-refractivity contribution in [3.63, 3.8) is 0 Å². The van der Waals surface area contributed by atoms with Gasteiger partial charge in [-0.15, -0.1) is 5.10 Å². The van der Waals surface area contributed by atoms with Crippen molar-refractivity contribution in [2.24, 2.45) is 5.92 Å². The predicted molar refractivity (Wildman–Crippen MR) is 219 cm³/mol. The largest absolute Gasteiger partial charge is 0.374 e. The third-order valence-electron chi connectivity index (χ3n) is 11.7. The predicted octanol–water partition coefficient (Wildman–Crippen LogP) is 8.56. The first-order valence-corrected chi connectivity index (χ1v) is 22.2. The zero-order valence-electron chi connectivity index (χ0n) is 33.0. The summed E-state index contributed by atoms with van der Waals surface area (Å²) in [4.78, 5) is 16.2. The monoisotopic (exact) mass is 846 g/mol. The van der Waals surface area contributed by atoms with Gasteiger partial charge in [0.15, 0.2) is 23.2 Å². The van der Waals surface area contributed by atoms with E-state index < -0.39 is 58.1 Å². The van der Waals surface area contributed by atoms with Crippen LogP contribution in [-0.2, 0) is 43.6 Å². The quantitative estimate of drug-likeness (QED) is 0.106. The van der Waals surface area contributed by atoms with E-state index in [2.05, 4.69) is 10.3 Å². The highest BCUT2D eigenvalue weighted by atomic mass is 32.3. The highest BCUT2D eigenvalue weighted by molar-refractivity contribution is 8.24. The smallest absolute Gasteiger partial charge is 0.224 e. The maximum Gasteiger partial charge on any atom is 0.224 e. The summed E-state index contributed by atoms with van der Waals surface area (Å²) >= 11 is 0. The maximum absolute atomic E-state index is 14.6. The van der Waals surface area contributed by atoms with Crippen molar-refractivity contribution in [2.45, 2.75) is 82.0 Å². The minimum Gasteiger partial charge on any atom is -0.374 e. The molecule has 11 nitrogen and oxygen atoms in total. The van der Waals surface area contributed by atoms with Crippen LogP contribution in [0.25, 0.3) is 11.3 Å². The van der Waals surface area contributed by atoms with Gasteiger partial charge in [0.1, 0.15) is 30.0 Å². The van der Waals surface area contributed by atoms with Crippen molar-refractivity contribution in [1.29, 1.82) is 0 Å². The van der Waals surface area contributed by atoms with Crippen LogP contribution in [0.2, 0.25) is 0 Å². The van der Waals surface area contributed by atoms with Crippen LogP contribution >= 0.6 is 10.6 Å². The summed E-state index contributed by atoms with van der Waals surface area (Å²) in [5.74, 6) is -3.99. The molecule has 5 atom stereocenters. The molecule has 8 rings (SSSR count). The molecule has 1 amide bonds. The Labute approximate surface area is 348 Å². The molecule has 1 aromatic heterocycles. The number of benzene rings is 4. The van der Waals surface area contributed by atoms with Crippen LogP contribution < -0.4 is 0 Å². The Hall–Kier alpha value is -4.61. The number of hydrogen-bond donors (Lipinski definition) is 2. The first kappa shape index (κ1) is 42.1. The number of carbonyl (C=O) groups is 1. The first-order chi connectivity index (χ1) is 29.1. The summed E-state index contributed by atoms with van der Waals surface area (Å²) in [6, 6.07) is 29.8. The number of piperidine rings is 1. The number of amides is 1. The van der Waals surface area contributed by atoms with Crippen molar-refractivity contribution in [3.05, 3.63) is 143 Å². The second-order valence-electron chi connectivity index (χ2n) is 15.8. The average molecular weight is 847 g/mol. The molecule has 4 heterocycles. The van der Waals surface area contributed by atoms with E-state index in [4.69, 9.17) is 18.9 Å². The van der Waals surface area contributed by atoms with Gasteiger partial charge < -0.3 is 23.8 Å². The molecule has 0 saturated carbocycles. The molecule has 318 valence electrons. The molecule has 3 fully saturated rings. The number of nitrogens with zero attached hydrogens (tertiary/aromatic N) is 4. The van der Waals surface area contributed by atoms with Gasteiger partial charge in [0.2, 0.25) is 5.91 Å². The van der Waals surface area contributed by atoms with Gasteiger partial charge in [0.05, 0.1) is 32.6 Å². The number of aromatic nitrogens is 3. The summed E-state index contributed by atoms with van der Waals surface area (Å²) in [6.07, 6.45) is 1.07. The Morgan fingerprint density at radius 2 is 1.40 bits per heavy atom. The zero-order valence-corrected chi connectivity index (χ0v) is 33.8. The van der Waals surface area contributed by atoms with Gasteiger partial charge in [-0.25, -0.2) is 17.9 Å².